The second kappa shape index (κ2) is 8.46. The largest absolute Gasteiger partial charge is 0.488 e. The molecule has 4 nitrogen and oxygen atoms in total. The van der Waals surface area contributed by atoms with Crippen LogP contribution in [-0.2, 0) is 0 Å². The number of piperazine rings is 1. The first kappa shape index (κ1) is 17.2. The number of ether oxygens (including phenoxy) is 1. The average molecular weight is 310 g/mol. The lowest BCUT2D eigenvalue weighted by Gasteiger charge is -2.36. The van der Waals surface area contributed by atoms with Gasteiger partial charge in [-0.15, -0.1) is 0 Å². The van der Waals surface area contributed by atoms with Gasteiger partial charge in [-0.2, -0.15) is 0 Å². The number of β-amino-alcohol motifs (C(OH)–C–C–N with tert-alkyl or cyclic N) is 1. The van der Waals surface area contributed by atoms with Gasteiger partial charge in [0, 0.05) is 39.3 Å². The minimum Gasteiger partial charge on any atom is -0.488 e. The second-order valence-electron chi connectivity index (χ2n) is 6.39. The van der Waals surface area contributed by atoms with Gasteiger partial charge in [-0.3, -0.25) is 4.90 Å². The molecular formula is C17H27FN2O2. The van der Waals surface area contributed by atoms with Crippen molar-refractivity contribution in [1.29, 1.82) is 0 Å². The fraction of sp³-hybridized carbons (Fsp3) is 0.647. The van der Waals surface area contributed by atoms with Gasteiger partial charge in [-0.25, -0.2) is 4.39 Å². The summed E-state index contributed by atoms with van der Waals surface area (Å²) in [6.45, 7) is 10.3. The van der Waals surface area contributed by atoms with E-state index < -0.39 is 11.9 Å². The van der Waals surface area contributed by atoms with Crippen molar-refractivity contribution >= 4 is 0 Å². The highest BCUT2D eigenvalue weighted by molar-refractivity contribution is 5.23. The average Bonchev–Trinajstić information content (AvgIpc) is 2.48. The van der Waals surface area contributed by atoms with Gasteiger partial charge in [0.15, 0.2) is 11.6 Å². The Balaban J connectivity index is 1.68. The smallest absolute Gasteiger partial charge is 0.165 e. The molecule has 0 bridgehead atoms. The fourth-order valence-corrected chi connectivity index (χ4v) is 2.77. The van der Waals surface area contributed by atoms with Crippen LogP contribution in [0.2, 0.25) is 0 Å². The third-order valence-electron chi connectivity index (χ3n) is 3.83. The predicted octanol–water partition coefficient (Wildman–Crippen LogP) is 1.84. The van der Waals surface area contributed by atoms with E-state index in [1.54, 1.807) is 18.2 Å². The Morgan fingerprint density at radius 1 is 1.09 bits per heavy atom. The Hall–Kier alpha value is -1.17. The molecule has 0 radical (unpaired) electrons. The molecule has 1 N–H and O–H groups in total. The Kier molecular flexibility index (Phi) is 6.61. The zero-order valence-electron chi connectivity index (χ0n) is 13.5. The molecule has 0 saturated carbocycles. The molecule has 1 atom stereocenters. The Morgan fingerprint density at radius 2 is 1.68 bits per heavy atom. The van der Waals surface area contributed by atoms with Crippen molar-refractivity contribution in [2.45, 2.75) is 20.0 Å². The number of benzene rings is 1. The summed E-state index contributed by atoms with van der Waals surface area (Å²) in [7, 11) is 0. The third kappa shape index (κ3) is 5.55. The van der Waals surface area contributed by atoms with Crippen molar-refractivity contribution in [3.63, 3.8) is 0 Å². The number of aliphatic hydroxyl groups excluding tert-OH is 1. The highest BCUT2D eigenvalue weighted by Gasteiger charge is 2.20. The molecule has 2 rings (SSSR count). The summed E-state index contributed by atoms with van der Waals surface area (Å²) >= 11 is 0. The van der Waals surface area contributed by atoms with Crippen LogP contribution in [-0.4, -0.2) is 66.9 Å². The highest BCUT2D eigenvalue weighted by Crippen LogP contribution is 2.15. The zero-order chi connectivity index (χ0) is 15.9. The van der Waals surface area contributed by atoms with Crippen LogP contribution in [0.3, 0.4) is 0 Å². The maximum absolute atomic E-state index is 13.4. The van der Waals surface area contributed by atoms with E-state index in [2.05, 4.69) is 23.6 Å². The van der Waals surface area contributed by atoms with Crippen LogP contribution >= 0.6 is 0 Å². The second-order valence-corrected chi connectivity index (χ2v) is 6.39. The summed E-state index contributed by atoms with van der Waals surface area (Å²) in [5.41, 5.74) is 0. The van der Waals surface area contributed by atoms with E-state index in [9.17, 15) is 9.50 Å². The van der Waals surface area contributed by atoms with Crippen molar-refractivity contribution in [1.82, 2.24) is 9.80 Å². The van der Waals surface area contributed by atoms with E-state index in [-0.39, 0.29) is 12.4 Å². The molecule has 1 aromatic carbocycles. The van der Waals surface area contributed by atoms with E-state index in [0.29, 0.717) is 12.5 Å². The van der Waals surface area contributed by atoms with Crippen LogP contribution in [0.4, 0.5) is 4.39 Å². The molecule has 1 fully saturated rings. The Morgan fingerprint density at radius 3 is 2.27 bits per heavy atom. The van der Waals surface area contributed by atoms with Gasteiger partial charge in [0.25, 0.3) is 0 Å². The lowest BCUT2D eigenvalue weighted by atomic mass is 10.2. The van der Waals surface area contributed by atoms with Gasteiger partial charge in [0.1, 0.15) is 12.7 Å². The maximum Gasteiger partial charge on any atom is 0.165 e. The number of hydrogen-bond donors (Lipinski definition) is 1. The molecule has 1 heterocycles. The van der Waals surface area contributed by atoms with Crippen LogP contribution in [0.15, 0.2) is 24.3 Å². The first-order valence-electron chi connectivity index (χ1n) is 8.04. The molecule has 124 valence electrons. The topological polar surface area (TPSA) is 35.9 Å². The van der Waals surface area contributed by atoms with Crippen molar-refractivity contribution in [2.24, 2.45) is 5.92 Å². The molecule has 0 amide bonds. The van der Waals surface area contributed by atoms with Crippen molar-refractivity contribution in [2.75, 3.05) is 45.9 Å². The van der Waals surface area contributed by atoms with E-state index in [1.165, 1.54) is 6.07 Å². The standard InChI is InChI=1S/C17H27FN2O2/c1-14(2)11-19-7-9-20(10-8-19)12-15(21)13-22-17-6-4-3-5-16(17)18/h3-6,14-15,21H,7-13H2,1-2H3. The summed E-state index contributed by atoms with van der Waals surface area (Å²) in [5, 5.41) is 10.1. The maximum atomic E-state index is 13.4. The predicted molar refractivity (Wildman–Crippen MR) is 85.6 cm³/mol. The SMILES string of the molecule is CC(C)CN1CCN(CC(O)COc2ccccc2F)CC1. The van der Waals surface area contributed by atoms with Gasteiger partial charge in [0.2, 0.25) is 0 Å². The molecule has 0 aromatic heterocycles. The van der Waals surface area contributed by atoms with E-state index in [1.807, 2.05) is 0 Å². The monoisotopic (exact) mass is 310 g/mol. The van der Waals surface area contributed by atoms with Crippen LogP contribution in [0.5, 0.6) is 5.75 Å². The molecule has 1 saturated heterocycles. The summed E-state index contributed by atoms with van der Waals surface area (Å²) < 4.78 is 18.8. The normalized spacial score (nSPS) is 18.6. The lowest BCUT2D eigenvalue weighted by Crippen LogP contribution is -2.49. The quantitative estimate of drug-likeness (QED) is 0.834. The van der Waals surface area contributed by atoms with Gasteiger partial charge in [0.05, 0.1) is 0 Å². The van der Waals surface area contributed by atoms with E-state index in [4.69, 9.17) is 4.74 Å². The molecule has 0 spiro atoms. The molecular weight excluding hydrogens is 283 g/mol. The number of halogens is 1. The van der Waals surface area contributed by atoms with Gasteiger partial charge in [-0.05, 0) is 18.1 Å². The number of para-hydroxylation sites is 1. The molecule has 1 aromatic rings. The molecule has 5 heteroatoms. The number of rotatable bonds is 7. The van der Waals surface area contributed by atoms with Gasteiger partial charge < -0.3 is 14.7 Å². The minimum absolute atomic E-state index is 0.118. The van der Waals surface area contributed by atoms with Crippen LogP contribution in [0, 0.1) is 11.7 Å². The van der Waals surface area contributed by atoms with Crippen LogP contribution in [0.25, 0.3) is 0 Å². The fourth-order valence-electron chi connectivity index (χ4n) is 2.77. The lowest BCUT2D eigenvalue weighted by molar-refractivity contribution is 0.0431. The summed E-state index contributed by atoms with van der Waals surface area (Å²) in [6, 6.07) is 6.27. The number of aliphatic hydroxyl groups is 1. The Bertz CT molecular complexity index is 448. The minimum atomic E-state index is -0.601. The summed E-state index contributed by atoms with van der Waals surface area (Å²) in [6.07, 6.45) is -0.601. The summed E-state index contributed by atoms with van der Waals surface area (Å²) in [4.78, 5) is 4.70. The van der Waals surface area contributed by atoms with Crippen LogP contribution < -0.4 is 4.74 Å². The highest BCUT2D eigenvalue weighted by atomic mass is 19.1. The Labute approximate surface area is 132 Å². The molecule has 1 aliphatic heterocycles. The molecule has 1 aliphatic rings. The first-order chi connectivity index (χ1) is 10.5. The van der Waals surface area contributed by atoms with Crippen molar-refractivity contribution in [3.05, 3.63) is 30.1 Å². The van der Waals surface area contributed by atoms with Crippen molar-refractivity contribution < 1.29 is 14.2 Å². The zero-order valence-corrected chi connectivity index (χ0v) is 13.5. The summed E-state index contributed by atoms with van der Waals surface area (Å²) in [5.74, 6) is 0.492. The molecule has 1 unspecified atom stereocenters. The molecule has 0 aliphatic carbocycles. The van der Waals surface area contributed by atoms with E-state index in [0.717, 1.165) is 32.7 Å². The molecule has 22 heavy (non-hydrogen) atoms. The van der Waals surface area contributed by atoms with Gasteiger partial charge >= 0.3 is 0 Å². The third-order valence-corrected chi connectivity index (χ3v) is 3.83. The van der Waals surface area contributed by atoms with E-state index >= 15 is 0 Å². The van der Waals surface area contributed by atoms with Crippen molar-refractivity contribution in [3.8, 4) is 5.75 Å². The number of hydrogen-bond acceptors (Lipinski definition) is 4. The first-order valence-corrected chi connectivity index (χ1v) is 8.04. The van der Waals surface area contributed by atoms with Crippen LogP contribution in [0.1, 0.15) is 13.8 Å². The number of nitrogens with zero attached hydrogens (tertiary/aromatic N) is 2. The van der Waals surface area contributed by atoms with Gasteiger partial charge in [-0.1, -0.05) is 26.0 Å².